The number of aromatic nitrogens is 1. The molecule has 0 spiro atoms. The third-order valence-corrected chi connectivity index (χ3v) is 12.8. The van der Waals surface area contributed by atoms with E-state index in [1.54, 1.807) is 13.2 Å². The molecule has 5 atom stereocenters. The predicted octanol–water partition coefficient (Wildman–Crippen LogP) is 4.90. The molecule has 0 radical (unpaired) electrons. The topological polar surface area (TPSA) is 156 Å². The molecule has 4 amide bonds. The van der Waals surface area contributed by atoms with Crippen molar-refractivity contribution in [1.29, 1.82) is 0 Å². The fourth-order valence-corrected chi connectivity index (χ4v) is 9.16. The molecule has 3 aromatic rings. The van der Waals surface area contributed by atoms with Crippen LogP contribution in [0.2, 0.25) is 0 Å². The van der Waals surface area contributed by atoms with Gasteiger partial charge in [-0.2, -0.15) is 0 Å². The van der Waals surface area contributed by atoms with Crippen LogP contribution in [0, 0.1) is 17.3 Å². The molecule has 1 unspecified atom stereocenters. The minimum atomic E-state index is -3.23. The molecule has 2 saturated heterocycles. The van der Waals surface area contributed by atoms with Crippen molar-refractivity contribution in [2.75, 3.05) is 26.7 Å². The number of pyridine rings is 1. The molecule has 57 heavy (non-hydrogen) atoms. The lowest BCUT2D eigenvalue weighted by molar-refractivity contribution is -0.149. The van der Waals surface area contributed by atoms with E-state index < -0.39 is 63.7 Å². The van der Waals surface area contributed by atoms with E-state index in [0.29, 0.717) is 54.0 Å². The van der Waals surface area contributed by atoms with Crippen LogP contribution in [0.15, 0.2) is 67.3 Å². The van der Waals surface area contributed by atoms with Crippen molar-refractivity contribution in [3.8, 4) is 22.8 Å². The van der Waals surface area contributed by atoms with E-state index in [-0.39, 0.29) is 37.6 Å². The molecule has 7 rings (SSSR count). The first kappa shape index (κ1) is 40.2. The van der Waals surface area contributed by atoms with Crippen molar-refractivity contribution in [1.82, 2.24) is 24.4 Å². The maximum Gasteiger partial charge on any atom is 0.262 e. The predicted molar refractivity (Wildman–Crippen MR) is 216 cm³/mol. The van der Waals surface area contributed by atoms with Crippen LogP contribution in [-0.2, 0) is 30.1 Å². The molecule has 13 nitrogen and oxygen atoms in total. The molecule has 2 aliphatic carbocycles. The first-order valence-corrected chi connectivity index (χ1v) is 21.1. The van der Waals surface area contributed by atoms with Crippen molar-refractivity contribution in [3.05, 3.63) is 67.3 Å². The zero-order valence-electron chi connectivity index (χ0n) is 33.1. The largest absolute Gasteiger partial charge is 0.497 e. The summed E-state index contributed by atoms with van der Waals surface area (Å²) < 4.78 is 37.8. The van der Waals surface area contributed by atoms with E-state index in [4.69, 9.17) is 14.5 Å². The monoisotopic (exact) mass is 799 g/mol. The van der Waals surface area contributed by atoms with Crippen molar-refractivity contribution < 1.29 is 37.1 Å². The second-order valence-corrected chi connectivity index (χ2v) is 17.8. The van der Waals surface area contributed by atoms with Gasteiger partial charge in [0.05, 0.1) is 30.8 Å². The highest BCUT2D eigenvalue weighted by atomic mass is 32.2. The zero-order valence-corrected chi connectivity index (χ0v) is 34.0. The number of methoxy groups -OCH3 is 1. The highest BCUT2D eigenvalue weighted by Gasteiger charge is 2.63. The van der Waals surface area contributed by atoms with E-state index in [9.17, 15) is 27.6 Å². The Bertz CT molecular complexity index is 2120. The van der Waals surface area contributed by atoms with Crippen LogP contribution in [-0.4, -0.2) is 102 Å². The molecule has 14 heteroatoms. The lowest BCUT2D eigenvalue weighted by Gasteiger charge is -2.36. The van der Waals surface area contributed by atoms with Crippen LogP contribution in [0.4, 0.5) is 0 Å². The Morgan fingerprint density at radius 2 is 1.77 bits per heavy atom. The fourth-order valence-electron chi connectivity index (χ4n) is 8.34. The van der Waals surface area contributed by atoms with E-state index in [2.05, 4.69) is 11.9 Å². The highest BCUT2D eigenvalue weighted by molar-refractivity contribution is 7.70. The van der Waals surface area contributed by atoms with Gasteiger partial charge in [0.1, 0.15) is 29.2 Å². The number of fused-ring (bicyclic) bond motifs is 1. The molecule has 304 valence electrons. The van der Waals surface area contributed by atoms with E-state index >= 15 is 0 Å². The summed E-state index contributed by atoms with van der Waals surface area (Å²) in [4.78, 5) is 65.4. The second-order valence-electron chi connectivity index (χ2n) is 16.9. The van der Waals surface area contributed by atoms with Gasteiger partial charge in [0.2, 0.25) is 28.6 Å². The summed E-state index contributed by atoms with van der Waals surface area (Å²) in [6, 6.07) is 15.5. The Balaban J connectivity index is 1.23. The first-order chi connectivity index (χ1) is 27.2. The molecule has 3 heterocycles. The third kappa shape index (κ3) is 8.37. The Morgan fingerprint density at radius 3 is 2.39 bits per heavy atom. The van der Waals surface area contributed by atoms with Crippen molar-refractivity contribution in [3.63, 3.8) is 0 Å². The number of amides is 4. The van der Waals surface area contributed by atoms with Gasteiger partial charge >= 0.3 is 0 Å². The Hall–Kier alpha value is -4.98. The molecule has 2 aromatic carbocycles. The average molecular weight is 800 g/mol. The fraction of sp³-hybridized carbons (Fsp3) is 0.512. The number of hydrogen-bond acceptors (Lipinski definition) is 9. The van der Waals surface area contributed by atoms with E-state index in [0.717, 1.165) is 29.1 Å². The normalized spacial score (nSPS) is 23.8. The van der Waals surface area contributed by atoms with E-state index in [1.165, 1.54) is 4.90 Å². The number of thiol groups is 1. The third-order valence-electron chi connectivity index (χ3n) is 11.9. The Morgan fingerprint density at radius 1 is 1.05 bits per heavy atom. The van der Waals surface area contributed by atoms with Crippen molar-refractivity contribution >= 4 is 45.4 Å². The van der Waals surface area contributed by atoms with Crippen LogP contribution in [0.1, 0.15) is 72.1 Å². The van der Waals surface area contributed by atoms with Crippen LogP contribution in [0.25, 0.3) is 22.2 Å². The van der Waals surface area contributed by atoms with Crippen LogP contribution in [0.5, 0.6) is 11.5 Å². The van der Waals surface area contributed by atoms with Crippen LogP contribution in [0.3, 0.4) is 0 Å². The van der Waals surface area contributed by atoms with Crippen molar-refractivity contribution in [2.45, 2.75) is 95.9 Å². The number of nitrogens with zero attached hydrogens (tertiary/aromatic N) is 4. The smallest absolute Gasteiger partial charge is 0.262 e. The number of likely N-dealkylation sites (tertiary alicyclic amines) is 2. The first-order valence-electron chi connectivity index (χ1n) is 20.0. The molecular weight excluding hydrogens is 747 g/mol. The highest BCUT2D eigenvalue weighted by Crippen LogP contribution is 2.48. The number of ether oxygens (including phenoxy) is 2. The van der Waals surface area contributed by atoms with Gasteiger partial charge in [-0.3, -0.25) is 19.2 Å². The van der Waals surface area contributed by atoms with Gasteiger partial charge in [-0.25, -0.2) is 17.7 Å². The van der Waals surface area contributed by atoms with Crippen LogP contribution < -0.4 is 14.8 Å². The summed E-state index contributed by atoms with van der Waals surface area (Å²) in [5.74, 6) is -1.88. The molecule has 2 aliphatic heterocycles. The molecule has 1 aromatic heterocycles. The molecule has 4 fully saturated rings. The SMILES string of the molecule is C=CC1C[C@]1(NC(=O)[C@@H]1C[C@@H](Oc2cc(-c3ccccc3)nc3ccc(OC)cc23)CN1C(=O)[C@@H](CC(=O)N1CCCCC1)C(C)(C)C)C(=O)N(C1CC1)[SH](=O)=O. The minimum absolute atomic E-state index is 0.0121. The lowest BCUT2D eigenvalue weighted by atomic mass is 9.77. The molecular formula is C43H53N5O8S. The van der Waals surface area contributed by atoms with E-state index in [1.807, 2.05) is 80.3 Å². The van der Waals surface area contributed by atoms with Gasteiger partial charge in [-0.15, -0.1) is 6.58 Å². The Kier molecular flexibility index (Phi) is 11.4. The van der Waals surface area contributed by atoms with Gasteiger partial charge < -0.3 is 24.6 Å². The summed E-state index contributed by atoms with van der Waals surface area (Å²) >= 11 is 0. The second kappa shape index (κ2) is 16.1. The maximum absolute atomic E-state index is 14.9. The lowest BCUT2D eigenvalue weighted by Crippen LogP contribution is -2.57. The number of nitrogens with one attached hydrogen (secondary N) is 1. The summed E-state index contributed by atoms with van der Waals surface area (Å²) in [5.41, 5.74) is 0.0763. The number of piperidine rings is 1. The van der Waals surface area contributed by atoms with Crippen LogP contribution >= 0.6 is 0 Å². The van der Waals surface area contributed by atoms with Gasteiger partial charge in [0, 0.05) is 54.9 Å². The quantitative estimate of drug-likeness (QED) is 0.182. The minimum Gasteiger partial charge on any atom is -0.497 e. The van der Waals surface area contributed by atoms with Gasteiger partial charge in [-0.05, 0) is 62.1 Å². The number of carbonyl (C=O) groups excluding carboxylic acids is 4. The number of hydrogen-bond donors (Lipinski definition) is 2. The summed E-state index contributed by atoms with van der Waals surface area (Å²) in [5, 5.41) is 3.61. The summed E-state index contributed by atoms with van der Waals surface area (Å²) in [7, 11) is -1.65. The standard InChI is InChI=1S/C43H53N5O8S/c1-6-28-25-43(28,41(52)48(57(53)54)29-15-16-29)45-39(50)36-22-31(26-47(36)40(51)33(42(2,3)4)23-38(49)46-19-11-8-12-20-46)56-37-24-35(27-13-9-7-10-14-27)44-34-18-17-30(55-5)21-32(34)37/h6-7,9-10,13-14,17-18,21,24,28-29,31,33,36,57H,1,8,11-12,15-16,19-20,22-23,25-26H2,2-5H3,(H,45,50)/t28?,31-,33-,36+,43-/m1/s1. The van der Waals surface area contributed by atoms with Gasteiger partial charge in [0.25, 0.3) is 5.91 Å². The van der Waals surface area contributed by atoms with Crippen molar-refractivity contribution in [2.24, 2.45) is 17.3 Å². The maximum atomic E-state index is 14.9. The molecule has 4 aliphatic rings. The molecule has 2 saturated carbocycles. The number of carbonyl (C=O) groups is 4. The molecule has 0 bridgehead atoms. The Labute approximate surface area is 335 Å². The number of rotatable bonds is 13. The van der Waals surface area contributed by atoms with Gasteiger partial charge in [0.15, 0.2) is 0 Å². The van der Waals surface area contributed by atoms with Gasteiger partial charge in [-0.1, -0.05) is 57.2 Å². The summed E-state index contributed by atoms with van der Waals surface area (Å²) in [6.07, 6.45) is 5.15. The molecule has 1 N–H and O–H groups in total. The average Bonchev–Trinajstić information content (AvgIpc) is 4.13. The summed E-state index contributed by atoms with van der Waals surface area (Å²) in [6.45, 7) is 10.9. The zero-order chi connectivity index (χ0) is 40.6. The number of benzene rings is 2.